The van der Waals surface area contributed by atoms with Crippen molar-refractivity contribution in [2.45, 2.75) is 45.1 Å². The number of hydrogen-bond acceptors (Lipinski definition) is 3. The minimum atomic E-state index is -0.901. The Bertz CT molecular complexity index is 376. The molecule has 0 fully saturated rings. The Morgan fingerprint density at radius 1 is 1.44 bits per heavy atom. The van der Waals surface area contributed by atoms with Gasteiger partial charge in [0, 0.05) is 11.3 Å². The first kappa shape index (κ1) is 14.7. The lowest BCUT2D eigenvalue weighted by atomic mass is 10.1. The van der Waals surface area contributed by atoms with Gasteiger partial charge < -0.3 is 10.4 Å². The summed E-state index contributed by atoms with van der Waals surface area (Å²) < 4.78 is 0. The number of carbonyl (C=O) groups excluding carboxylic acids is 1. The Hall–Kier alpha value is -1.36. The maximum absolute atomic E-state index is 11.7. The molecule has 1 amide bonds. The van der Waals surface area contributed by atoms with Crippen molar-refractivity contribution in [3.8, 4) is 0 Å². The van der Waals surface area contributed by atoms with E-state index < -0.39 is 12.0 Å². The summed E-state index contributed by atoms with van der Waals surface area (Å²) in [6.45, 7) is 2.08. The van der Waals surface area contributed by atoms with E-state index in [0.717, 1.165) is 24.1 Å². The Morgan fingerprint density at radius 2 is 2.22 bits per heavy atom. The van der Waals surface area contributed by atoms with Crippen LogP contribution in [0.2, 0.25) is 0 Å². The van der Waals surface area contributed by atoms with Crippen molar-refractivity contribution in [2.24, 2.45) is 0 Å². The highest BCUT2D eigenvalue weighted by Crippen LogP contribution is 2.22. The van der Waals surface area contributed by atoms with Crippen LogP contribution in [0.3, 0.4) is 0 Å². The second-order valence-corrected chi connectivity index (χ2v) is 5.17. The van der Waals surface area contributed by atoms with Crippen LogP contribution in [0.5, 0.6) is 0 Å². The lowest BCUT2D eigenvalue weighted by Crippen LogP contribution is -2.29. The number of nitrogens with one attached hydrogen (secondary N) is 1. The van der Waals surface area contributed by atoms with Crippen LogP contribution in [0, 0.1) is 0 Å². The summed E-state index contributed by atoms with van der Waals surface area (Å²) in [6, 6.07) is 3.31. The van der Waals surface area contributed by atoms with Gasteiger partial charge in [0.15, 0.2) is 0 Å². The van der Waals surface area contributed by atoms with Gasteiger partial charge >= 0.3 is 5.97 Å². The molecule has 1 aromatic heterocycles. The van der Waals surface area contributed by atoms with Crippen LogP contribution in [0.1, 0.15) is 49.9 Å². The molecule has 0 aliphatic rings. The van der Waals surface area contributed by atoms with Crippen LogP contribution in [0.15, 0.2) is 17.5 Å². The van der Waals surface area contributed by atoms with Crippen molar-refractivity contribution in [3.63, 3.8) is 0 Å². The molecular weight excluding hydrogens is 250 g/mol. The third-order valence-corrected chi connectivity index (χ3v) is 3.59. The average molecular weight is 269 g/mol. The normalized spacial score (nSPS) is 12.1. The maximum Gasteiger partial charge on any atom is 0.305 e. The summed E-state index contributed by atoms with van der Waals surface area (Å²) in [5.41, 5.74) is 0. The smallest absolute Gasteiger partial charge is 0.305 e. The Kier molecular flexibility index (Phi) is 6.43. The van der Waals surface area contributed by atoms with Crippen LogP contribution < -0.4 is 5.32 Å². The van der Waals surface area contributed by atoms with E-state index in [1.807, 2.05) is 17.5 Å². The van der Waals surface area contributed by atoms with Gasteiger partial charge in [-0.1, -0.05) is 25.8 Å². The fraction of sp³-hybridized carbons (Fsp3) is 0.538. The first-order chi connectivity index (χ1) is 8.63. The molecule has 2 N–H and O–H groups in total. The molecule has 0 unspecified atom stereocenters. The number of carboxylic acids is 1. The van der Waals surface area contributed by atoms with Crippen molar-refractivity contribution >= 4 is 23.2 Å². The van der Waals surface area contributed by atoms with Gasteiger partial charge in [-0.3, -0.25) is 9.59 Å². The van der Waals surface area contributed by atoms with Crippen molar-refractivity contribution in [1.29, 1.82) is 0 Å². The van der Waals surface area contributed by atoms with Gasteiger partial charge in [0.1, 0.15) is 0 Å². The summed E-state index contributed by atoms with van der Waals surface area (Å²) in [6.07, 6.45) is 3.34. The second kappa shape index (κ2) is 7.87. The topological polar surface area (TPSA) is 66.4 Å². The van der Waals surface area contributed by atoms with Crippen LogP contribution in [-0.2, 0) is 9.59 Å². The molecule has 0 radical (unpaired) electrons. The minimum Gasteiger partial charge on any atom is -0.481 e. The average Bonchev–Trinajstić information content (AvgIpc) is 2.81. The zero-order valence-corrected chi connectivity index (χ0v) is 11.3. The molecule has 1 aromatic rings. The van der Waals surface area contributed by atoms with Crippen LogP contribution in [-0.4, -0.2) is 17.0 Å². The fourth-order valence-corrected chi connectivity index (χ4v) is 2.47. The van der Waals surface area contributed by atoms with Gasteiger partial charge in [0.2, 0.25) is 5.91 Å². The van der Waals surface area contributed by atoms with Crippen molar-refractivity contribution in [1.82, 2.24) is 5.32 Å². The van der Waals surface area contributed by atoms with Gasteiger partial charge in [-0.05, 0) is 17.9 Å². The van der Waals surface area contributed by atoms with E-state index in [1.165, 1.54) is 11.3 Å². The van der Waals surface area contributed by atoms with Crippen LogP contribution in [0.25, 0.3) is 0 Å². The summed E-state index contributed by atoms with van der Waals surface area (Å²) in [5.74, 6) is -0.967. The first-order valence-electron chi connectivity index (χ1n) is 6.18. The van der Waals surface area contributed by atoms with Crippen molar-refractivity contribution in [2.75, 3.05) is 0 Å². The molecule has 4 nitrogen and oxygen atoms in total. The number of amides is 1. The Labute approximate surface area is 111 Å². The van der Waals surface area contributed by atoms with E-state index in [0.29, 0.717) is 6.42 Å². The predicted octanol–water partition coefficient (Wildman–Crippen LogP) is 2.96. The SMILES string of the molecule is CCCCCC(=O)N[C@H](CC(=O)O)c1cccs1. The number of rotatable bonds is 8. The first-order valence-corrected chi connectivity index (χ1v) is 7.06. The number of unbranched alkanes of at least 4 members (excludes halogenated alkanes) is 2. The molecule has 18 heavy (non-hydrogen) atoms. The number of carbonyl (C=O) groups is 2. The third-order valence-electron chi connectivity index (χ3n) is 2.61. The Balaban J connectivity index is 2.51. The predicted molar refractivity (Wildman–Crippen MR) is 71.6 cm³/mol. The quantitative estimate of drug-likeness (QED) is 0.713. The molecule has 0 saturated carbocycles. The maximum atomic E-state index is 11.7. The van der Waals surface area contributed by atoms with Gasteiger partial charge in [-0.2, -0.15) is 0 Å². The van der Waals surface area contributed by atoms with Crippen molar-refractivity contribution in [3.05, 3.63) is 22.4 Å². The highest BCUT2D eigenvalue weighted by Gasteiger charge is 2.18. The van der Waals surface area contributed by atoms with Crippen LogP contribution >= 0.6 is 11.3 Å². The van der Waals surface area contributed by atoms with E-state index in [4.69, 9.17) is 5.11 Å². The zero-order valence-electron chi connectivity index (χ0n) is 10.5. The zero-order chi connectivity index (χ0) is 13.4. The van der Waals surface area contributed by atoms with E-state index in [1.54, 1.807) is 0 Å². The number of carboxylic acid groups (broad SMARTS) is 1. The highest BCUT2D eigenvalue weighted by molar-refractivity contribution is 7.10. The molecule has 5 heteroatoms. The van der Waals surface area contributed by atoms with Gasteiger partial charge in [0.05, 0.1) is 12.5 Å². The summed E-state index contributed by atoms with van der Waals surface area (Å²) in [7, 11) is 0. The molecular formula is C13H19NO3S. The molecule has 100 valence electrons. The molecule has 0 aromatic carbocycles. The summed E-state index contributed by atoms with van der Waals surface area (Å²) in [4.78, 5) is 23.4. The summed E-state index contributed by atoms with van der Waals surface area (Å²) >= 11 is 1.47. The molecule has 0 aliphatic heterocycles. The van der Waals surface area contributed by atoms with Crippen molar-refractivity contribution < 1.29 is 14.7 Å². The molecule has 0 saturated heterocycles. The second-order valence-electron chi connectivity index (χ2n) is 4.19. The molecule has 1 heterocycles. The van der Waals surface area contributed by atoms with Gasteiger partial charge in [-0.25, -0.2) is 0 Å². The van der Waals surface area contributed by atoms with E-state index in [2.05, 4.69) is 12.2 Å². The standard InChI is InChI=1S/C13H19NO3S/c1-2-3-4-7-12(15)14-10(9-13(16)17)11-6-5-8-18-11/h5-6,8,10H,2-4,7,9H2,1H3,(H,14,15)(H,16,17)/t10-/m1/s1. The summed E-state index contributed by atoms with van der Waals surface area (Å²) in [5, 5.41) is 13.5. The lowest BCUT2D eigenvalue weighted by Gasteiger charge is -2.15. The molecule has 1 rings (SSSR count). The molecule has 0 bridgehead atoms. The van der Waals surface area contributed by atoms with Gasteiger partial charge in [0.25, 0.3) is 0 Å². The van der Waals surface area contributed by atoms with E-state index >= 15 is 0 Å². The lowest BCUT2D eigenvalue weighted by molar-refractivity contribution is -0.137. The Morgan fingerprint density at radius 3 is 2.78 bits per heavy atom. The van der Waals surface area contributed by atoms with Gasteiger partial charge in [-0.15, -0.1) is 11.3 Å². The largest absolute Gasteiger partial charge is 0.481 e. The fourth-order valence-electron chi connectivity index (χ4n) is 1.69. The van der Waals surface area contributed by atoms with E-state index in [9.17, 15) is 9.59 Å². The molecule has 1 atom stereocenters. The number of thiophene rings is 1. The molecule has 0 aliphatic carbocycles. The minimum absolute atomic E-state index is 0.0666. The monoisotopic (exact) mass is 269 g/mol. The highest BCUT2D eigenvalue weighted by atomic mass is 32.1. The number of aliphatic carboxylic acids is 1. The third kappa shape index (κ3) is 5.31. The van der Waals surface area contributed by atoms with E-state index in [-0.39, 0.29) is 12.3 Å². The number of hydrogen-bond donors (Lipinski definition) is 2. The molecule has 0 spiro atoms. The van der Waals surface area contributed by atoms with Crippen LogP contribution in [0.4, 0.5) is 0 Å².